The lowest BCUT2D eigenvalue weighted by Crippen LogP contribution is -2.48. The van der Waals surface area contributed by atoms with Crippen molar-refractivity contribution in [2.24, 2.45) is 0 Å². The summed E-state index contributed by atoms with van der Waals surface area (Å²) in [6, 6.07) is 5.59. The summed E-state index contributed by atoms with van der Waals surface area (Å²) in [7, 11) is 0. The van der Waals surface area contributed by atoms with Crippen LogP contribution in [0.3, 0.4) is 0 Å². The van der Waals surface area contributed by atoms with Crippen LogP contribution in [0.15, 0.2) is 24.3 Å². The van der Waals surface area contributed by atoms with Gasteiger partial charge in [0.05, 0.1) is 12.5 Å². The van der Waals surface area contributed by atoms with Crippen molar-refractivity contribution in [2.45, 2.75) is 44.7 Å². The fraction of sp³-hybridized carbons (Fsp3) is 0.471. The molecule has 1 heterocycles. The Morgan fingerprint density at radius 3 is 2.54 bits per heavy atom. The lowest BCUT2D eigenvalue weighted by atomic mass is 9.98. The van der Waals surface area contributed by atoms with E-state index >= 15 is 0 Å². The molecule has 2 amide bonds. The zero-order valence-electron chi connectivity index (χ0n) is 13.5. The summed E-state index contributed by atoms with van der Waals surface area (Å²) in [5, 5.41) is 12.6. The van der Waals surface area contributed by atoms with Gasteiger partial charge in [-0.3, -0.25) is 9.59 Å². The second kappa shape index (κ2) is 8.15. The van der Waals surface area contributed by atoms with Gasteiger partial charge in [-0.1, -0.05) is 23.7 Å². The van der Waals surface area contributed by atoms with Gasteiger partial charge < -0.3 is 15.3 Å². The van der Waals surface area contributed by atoms with Gasteiger partial charge in [-0.05, 0) is 37.0 Å². The number of benzene rings is 1. The molecule has 7 heteroatoms. The average Bonchev–Trinajstić information content (AvgIpc) is 2.54. The Bertz CT molecular complexity index is 618. The fourth-order valence-corrected chi connectivity index (χ4v) is 3.10. The van der Waals surface area contributed by atoms with E-state index in [1.165, 1.54) is 11.8 Å². The van der Waals surface area contributed by atoms with Crippen molar-refractivity contribution in [2.75, 3.05) is 6.54 Å². The van der Waals surface area contributed by atoms with Crippen LogP contribution < -0.4 is 5.32 Å². The number of rotatable bonds is 5. The third kappa shape index (κ3) is 4.71. The molecular weight excluding hydrogens is 332 g/mol. The number of hydrogen-bond donors (Lipinski definition) is 2. The second-order valence-electron chi connectivity index (χ2n) is 5.95. The summed E-state index contributed by atoms with van der Waals surface area (Å²) in [4.78, 5) is 36.9. The van der Waals surface area contributed by atoms with Crippen LogP contribution in [-0.2, 0) is 14.4 Å². The minimum Gasteiger partial charge on any atom is -0.480 e. The highest BCUT2D eigenvalue weighted by Crippen LogP contribution is 2.24. The van der Waals surface area contributed by atoms with Gasteiger partial charge in [0.1, 0.15) is 6.04 Å². The minimum absolute atomic E-state index is 0.0188. The van der Waals surface area contributed by atoms with E-state index in [0.29, 0.717) is 18.0 Å². The van der Waals surface area contributed by atoms with E-state index in [4.69, 9.17) is 11.6 Å². The van der Waals surface area contributed by atoms with E-state index in [-0.39, 0.29) is 18.2 Å². The molecule has 1 aromatic carbocycles. The number of likely N-dealkylation sites (tertiary alicyclic amines) is 1. The summed E-state index contributed by atoms with van der Waals surface area (Å²) in [5.41, 5.74) is 0.756. The molecule has 6 nitrogen and oxygen atoms in total. The first kappa shape index (κ1) is 18.3. The number of nitrogens with zero attached hydrogens (tertiary/aromatic N) is 1. The number of aliphatic carboxylic acids is 1. The van der Waals surface area contributed by atoms with E-state index in [1.54, 1.807) is 24.3 Å². The van der Waals surface area contributed by atoms with Gasteiger partial charge >= 0.3 is 5.97 Å². The van der Waals surface area contributed by atoms with Gasteiger partial charge in [-0.25, -0.2) is 4.79 Å². The molecule has 1 aliphatic rings. The Labute approximate surface area is 145 Å². The SMILES string of the molecule is CC(=O)N[C@H](CC(=O)N1CCCC[C@@H]1C(=O)O)c1ccc(Cl)cc1. The first-order valence-corrected chi connectivity index (χ1v) is 8.31. The molecule has 24 heavy (non-hydrogen) atoms. The molecule has 2 N–H and O–H groups in total. The Morgan fingerprint density at radius 1 is 1.29 bits per heavy atom. The minimum atomic E-state index is -0.981. The van der Waals surface area contributed by atoms with Crippen molar-refractivity contribution in [3.63, 3.8) is 0 Å². The second-order valence-corrected chi connectivity index (χ2v) is 6.38. The lowest BCUT2D eigenvalue weighted by Gasteiger charge is -2.34. The molecule has 0 aliphatic carbocycles. The molecule has 2 rings (SSSR count). The van der Waals surface area contributed by atoms with Crippen molar-refractivity contribution in [3.05, 3.63) is 34.9 Å². The molecule has 1 saturated heterocycles. The third-order valence-corrected chi connectivity index (χ3v) is 4.39. The monoisotopic (exact) mass is 352 g/mol. The predicted octanol–water partition coefficient (Wildman–Crippen LogP) is 2.37. The summed E-state index contributed by atoms with van der Waals surface area (Å²) >= 11 is 5.88. The van der Waals surface area contributed by atoms with Crippen LogP contribution in [0.1, 0.15) is 44.2 Å². The molecule has 0 radical (unpaired) electrons. The molecular formula is C17H21ClN2O4. The largest absolute Gasteiger partial charge is 0.480 e. The average molecular weight is 353 g/mol. The number of carbonyl (C=O) groups excluding carboxylic acids is 2. The molecule has 0 bridgehead atoms. The van der Waals surface area contributed by atoms with Crippen LogP contribution >= 0.6 is 11.6 Å². The molecule has 2 atom stereocenters. The number of carboxylic acid groups (broad SMARTS) is 1. The first-order valence-electron chi connectivity index (χ1n) is 7.93. The van der Waals surface area contributed by atoms with Crippen LogP contribution in [0.5, 0.6) is 0 Å². The van der Waals surface area contributed by atoms with Gasteiger partial charge in [-0.15, -0.1) is 0 Å². The number of nitrogens with one attached hydrogen (secondary N) is 1. The number of carbonyl (C=O) groups is 3. The van der Waals surface area contributed by atoms with E-state index in [0.717, 1.165) is 18.4 Å². The van der Waals surface area contributed by atoms with E-state index in [2.05, 4.69) is 5.32 Å². The van der Waals surface area contributed by atoms with Crippen LogP contribution in [0.4, 0.5) is 0 Å². The Morgan fingerprint density at radius 2 is 1.96 bits per heavy atom. The topological polar surface area (TPSA) is 86.7 Å². The van der Waals surface area contributed by atoms with E-state index < -0.39 is 18.1 Å². The quantitative estimate of drug-likeness (QED) is 0.851. The molecule has 0 saturated carbocycles. The number of halogens is 1. The molecule has 1 fully saturated rings. The van der Waals surface area contributed by atoms with Gasteiger partial charge in [-0.2, -0.15) is 0 Å². The molecule has 130 valence electrons. The Kier molecular flexibility index (Phi) is 6.20. The predicted molar refractivity (Wildman–Crippen MR) is 89.6 cm³/mol. The first-order chi connectivity index (χ1) is 11.4. The van der Waals surface area contributed by atoms with Crippen molar-refractivity contribution >= 4 is 29.4 Å². The molecule has 0 unspecified atom stereocenters. The summed E-state index contributed by atoms with van der Waals surface area (Å²) < 4.78 is 0. The van der Waals surface area contributed by atoms with Crippen LogP contribution in [0.2, 0.25) is 5.02 Å². The van der Waals surface area contributed by atoms with E-state index in [1.807, 2.05) is 0 Å². The Balaban J connectivity index is 2.15. The normalized spacial score (nSPS) is 18.8. The van der Waals surface area contributed by atoms with Crippen molar-refractivity contribution in [3.8, 4) is 0 Å². The van der Waals surface area contributed by atoms with Gasteiger partial charge in [0, 0.05) is 18.5 Å². The molecule has 1 aromatic rings. The fourth-order valence-electron chi connectivity index (χ4n) is 2.97. The van der Waals surface area contributed by atoms with E-state index in [9.17, 15) is 19.5 Å². The number of carboxylic acids is 1. The van der Waals surface area contributed by atoms with Crippen molar-refractivity contribution < 1.29 is 19.5 Å². The van der Waals surface area contributed by atoms with Gasteiger partial charge in [0.15, 0.2) is 0 Å². The molecule has 0 aromatic heterocycles. The number of hydrogen-bond acceptors (Lipinski definition) is 3. The zero-order chi connectivity index (χ0) is 17.7. The number of piperidine rings is 1. The maximum atomic E-state index is 12.6. The van der Waals surface area contributed by atoms with Crippen LogP contribution in [0.25, 0.3) is 0 Å². The highest BCUT2D eigenvalue weighted by Gasteiger charge is 2.33. The zero-order valence-corrected chi connectivity index (χ0v) is 14.3. The number of amides is 2. The van der Waals surface area contributed by atoms with Crippen molar-refractivity contribution in [1.29, 1.82) is 0 Å². The van der Waals surface area contributed by atoms with Gasteiger partial charge in [0.2, 0.25) is 11.8 Å². The maximum Gasteiger partial charge on any atom is 0.326 e. The summed E-state index contributed by atoms with van der Waals surface area (Å²) in [5.74, 6) is -1.50. The highest BCUT2D eigenvalue weighted by atomic mass is 35.5. The maximum absolute atomic E-state index is 12.6. The molecule has 1 aliphatic heterocycles. The summed E-state index contributed by atoms with van der Waals surface area (Å²) in [6.07, 6.45) is 2.08. The smallest absolute Gasteiger partial charge is 0.326 e. The third-order valence-electron chi connectivity index (χ3n) is 4.14. The summed E-state index contributed by atoms with van der Waals surface area (Å²) in [6.45, 7) is 1.82. The van der Waals surface area contributed by atoms with Crippen LogP contribution in [-0.4, -0.2) is 40.4 Å². The van der Waals surface area contributed by atoms with Gasteiger partial charge in [0.25, 0.3) is 0 Å². The highest BCUT2D eigenvalue weighted by molar-refractivity contribution is 6.30. The van der Waals surface area contributed by atoms with Crippen molar-refractivity contribution in [1.82, 2.24) is 10.2 Å². The standard InChI is InChI=1S/C17H21ClN2O4/c1-11(21)19-14(12-5-7-13(18)8-6-12)10-16(22)20-9-3-2-4-15(20)17(23)24/h5-8,14-15H,2-4,9-10H2,1H3,(H,19,21)(H,23,24)/t14-,15-/m1/s1. The Hall–Kier alpha value is -2.08. The lowest BCUT2D eigenvalue weighted by molar-refractivity contribution is -0.152. The molecule has 0 spiro atoms. The van der Waals surface area contributed by atoms with Crippen LogP contribution in [0, 0.1) is 0 Å².